The Labute approximate surface area is 162 Å². The van der Waals surface area contributed by atoms with Gasteiger partial charge >= 0.3 is 0 Å². The first kappa shape index (κ1) is 19.5. The average molecular weight is 370 g/mol. The summed E-state index contributed by atoms with van der Waals surface area (Å²) in [4.78, 5) is 4.99. The zero-order valence-corrected chi connectivity index (χ0v) is 16.6. The lowest BCUT2D eigenvalue weighted by molar-refractivity contribution is 0.121. The molecule has 3 rings (SSSR count). The van der Waals surface area contributed by atoms with Crippen LogP contribution in [0.3, 0.4) is 0 Å². The van der Waals surface area contributed by atoms with E-state index in [-0.39, 0.29) is 0 Å². The molecule has 0 spiro atoms. The van der Waals surface area contributed by atoms with Crippen LogP contribution in [-0.4, -0.2) is 56.8 Å². The van der Waals surface area contributed by atoms with Crippen LogP contribution in [0.1, 0.15) is 18.1 Å². The Kier molecular flexibility index (Phi) is 6.96. The number of hydrogen-bond acceptors (Lipinski definition) is 5. The van der Waals surface area contributed by atoms with Gasteiger partial charge in [-0.25, -0.2) is 0 Å². The number of methoxy groups -OCH3 is 2. The molecular formula is C22H30N2O3. The summed E-state index contributed by atoms with van der Waals surface area (Å²) in [5.74, 6) is 2.74. The van der Waals surface area contributed by atoms with Crippen molar-refractivity contribution in [1.82, 2.24) is 9.80 Å². The van der Waals surface area contributed by atoms with Gasteiger partial charge in [0.1, 0.15) is 17.2 Å². The molecule has 0 aromatic heterocycles. The first-order chi connectivity index (χ1) is 13.2. The summed E-state index contributed by atoms with van der Waals surface area (Å²) in [5.41, 5.74) is 2.51. The molecule has 5 heteroatoms. The molecule has 0 radical (unpaired) electrons. The summed E-state index contributed by atoms with van der Waals surface area (Å²) < 4.78 is 16.4. The SMILES string of the molecule is CCOc1ccc(CN2CCN(Cc3cc(OC)ccc3OC)CC2)cc1. The van der Waals surface area contributed by atoms with Crippen molar-refractivity contribution in [2.75, 3.05) is 47.0 Å². The fourth-order valence-corrected chi connectivity index (χ4v) is 3.47. The number of piperazine rings is 1. The van der Waals surface area contributed by atoms with E-state index in [0.717, 1.165) is 56.5 Å². The maximum absolute atomic E-state index is 5.52. The average Bonchev–Trinajstić information content (AvgIpc) is 2.71. The van der Waals surface area contributed by atoms with E-state index < -0.39 is 0 Å². The van der Waals surface area contributed by atoms with Crippen molar-refractivity contribution in [2.24, 2.45) is 0 Å². The predicted molar refractivity (Wildman–Crippen MR) is 108 cm³/mol. The molecular weight excluding hydrogens is 340 g/mol. The fourth-order valence-electron chi connectivity index (χ4n) is 3.47. The zero-order valence-electron chi connectivity index (χ0n) is 16.6. The molecule has 1 saturated heterocycles. The maximum atomic E-state index is 5.52. The molecule has 146 valence electrons. The van der Waals surface area contributed by atoms with Gasteiger partial charge in [-0.1, -0.05) is 12.1 Å². The highest BCUT2D eigenvalue weighted by molar-refractivity contribution is 5.40. The molecule has 1 fully saturated rings. The standard InChI is InChI=1S/C22H30N2O3/c1-4-27-20-7-5-18(6-8-20)16-23-11-13-24(14-12-23)17-19-15-21(25-2)9-10-22(19)26-3/h5-10,15H,4,11-14,16-17H2,1-3H3. The van der Waals surface area contributed by atoms with Crippen molar-refractivity contribution in [2.45, 2.75) is 20.0 Å². The Bertz CT molecular complexity index is 710. The summed E-state index contributed by atoms with van der Waals surface area (Å²) in [6.45, 7) is 8.83. The molecule has 1 aliphatic heterocycles. The first-order valence-corrected chi connectivity index (χ1v) is 9.59. The van der Waals surface area contributed by atoms with Crippen LogP contribution in [0.25, 0.3) is 0 Å². The monoisotopic (exact) mass is 370 g/mol. The summed E-state index contributed by atoms with van der Waals surface area (Å²) in [5, 5.41) is 0. The molecule has 27 heavy (non-hydrogen) atoms. The highest BCUT2D eigenvalue weighted by Gasteiger charge is 2.18. The first-order valence-electron chi connectivity index (χ1n) is 9.59. The third-order valence-corrected chi connectivity index (χ3v) is 4.99. The highest BCUT2D eigenvalue weighted by Crippen LogP contribution is 2.25. The largest absolute Gasteiger partial charge is 0.497 e. The van der Waals surface area contributed by atoms with Crippen LogP contribution >= 0.6 is 0 Å². The lowest BCUT2D eigenvalue weighted by Gasteiger charge is -2.35. The van der Waals surface area contributed by atoms with Gasteiger partial charge in [-0.15, -0.1) is 0 Å². The molecule has 5 nitrogen and oxygen atoms in total. The molecule has 1 heterocycles. The van der Waals surface area contributed by atoms with E-state index in [0.29, 0.717) is 6.61 Å². The Morgan fingerprint density at radius 2 is 1.41 bits per heavy atom. The number of hydrogen-bond donors (Lipinski definition) is 0. The van der Waals surface area contributed by atoms with Crippen molar-refractivity contribution in [3.05, 3.63) is 53.6 Å². The van der Waals surface area contributed by atoms with Gasteiger partial charge in [0.25, 0.3) is 0 Å². The van der Waals surface area contributed by atoms with Crippen LogP contribution in [0.4, 0.5) is 0 Å². The minimum Gasteiger partial charge on any atom is -0.497 e. The minimum absolute atomic E-state index is 0.708. The summed E-state index contributed by atoms with van der Waals surface area (Å²) in [6.07, 6.45) is 0. The van der Waals surface area contributed by atoms with E-state index in [1.807, 2.05) is 19.1 Å². The van der Waals surface area contributed by atoms with Gasteiger partial charge in [-0.05, 0) is 42.8 Å². The van der Waals surface area contributed by atoms with Gasteiger partial charge in [0.2, 0.25) is 0 Å². The third kappa shape index (κ3) is 5.37. The number of benzene rings is 2. The third-order valence-electron chi connectivity index (χ3n) is 4.99. The van der Waals surface area contributed by atoms with E-state index in [1.165, 1.54) is 11.1 Å². The van der Waals surface area contributed by atoms with Crippen LogP contribution in [-0.2, 0) is 13.1 Å². The lowest BCUT2D eigenvalue weighted by atomic mass is 10.1. The quantitative estimate of drug-likeness (QED) is 0.711. The van der Waals surface area contributed by atoms with Gasteiger partial charge in [0.15, 0.2) is 0 Å². The van der Waals surface area contributed by atoms with Crippen LogP contribution in [0.2, 0.25) is 0 Å². The van der Waals surface area contributed by atoms with Crippen LogP contribution < -0.4 is 14.2 Å². The Balaban J connectivity index is 1.51. The lowest BCUT2D eigenvalue weighted by Crippen LogP contribution is -2.45. The molecule has 0 unspecified atom stereocenters. The highest BCUT2D eigenvalue weighted by atomic mass is 16.5. The van der Waals surface area contributed by atoms with Gasteiger partial charge in [-0.2, -0.15) is 0 Å². The second-order valence-corrected chi connectivity index (χ2v) is 6.81. The molecule has 0 amide bonds. The van der Waals surface area contributed by atoms with Gasteiger partial charge in [0, 0.05) is 44.8 Å². The normalized spacial score (nSPS) is 15.5. The second-order valence-electron chi connectivity index (χ2n) is 6.81. The van der Waals surface area contributed by atoms with E-state index in [9.17, 15) is 0 Å². The smallest absolute Gasteiger partial charge is 0.123 e. The van der Waals surface area contributed by atoms with E-state index in [4.69, 9.17) is 14.2 Å². The summed E-state index contributed by atoms with van der Waals surface area (Å²) >= 11 is 0. The molecule has 0 bridgehead atoms. The van der Waals surface area contributed by atoms with E-state index >= 15 is 0 Å². The zero-order chi connectivity index (χ0) is 19.1. The number of nitrogens with zero attached hydrogens (tertiary/aromatic N) is 2. The van der Waals surface area contributed by atoms with E-state index in [2.05, 4.69) is 40.1 Å². The molecule has 0 atom stereocenters. The molecule has 2 aromatic rings. The molecule has 2 aromatic carbocycles. The molecule has 0 aliphatic carbocycles. The van der Waals surface area contributed by atoms with Crippen LogP contribution in [0.15, 0.2) is 42.5 Å². The van der Waals surface area contributed by atoms with Crippen LogP contribution in [0.5, 0.6) is 17.2 Å². The van der Waals surface area contributed by atoms with Crippen molar-refractivity contribution in [3.8, 4) is 17.2 Å². The fraction of sp³-hybridized carbons (Fsp3) is 0.455. The maximum Gasteiger partial charge on any atom is 0.123 e. The van der Waals surface area contributed by atoms with Gasteiger partial charge in [0.05, 0.1) is 20.8 Å². The van der Waals surface area contributed by atoms with Crippen molar-refractivity contribution in [3.63, 3.8) is 0 Å². The molecule has 0 saturated carbocycles. The minimum atomic E-state index is 0.708. The predicted octanol–water partition coefficient (Wildman–Crippen LogP) is 3.42. The Morgan fingerprint density at radius 3 is 2.00 bits per heavy atom. The number of rotatable bonds is 8. The summed E-state index contributed by atoms with van der Waals surface area (Å²) in [6, 6.07) is 14.4. The topological polar surface area (TPSA) is 34.2 Å². The Hall–Kier alpha value is -2.24. The number of ether oxygens (including phenoxy) is 3. The van der Waals surface area contributed by atoms with Crippen molar-refractivity contribution < 1.29 is 14.2 Å². The van der Waals surface area contributed by atoms with Crippen molar-refractivity contribution in [1.29, 1.82) is 0 Å². The van der Waals surface area contributed by atoms with Crippen molar-refractivity contribution >= 4 is 0 Å². The van der Waals surface area contributed by atoms with Gasteiger partial charge in [-0.3, -0.25) is 9.80 Å². The van der Waals surface area contributed by atoms with E-state index in [1.54, 1.807) is 14.2 Å². The Morgan fingerprint density at radius 1 is 0.778 bits per heavy atom. The second kappa shape index (κ2) is 9.62. The van der Waals surface area contributed by atoms with Crippen LogP contribution in [0, 0.1) is 0 Å². The van der Waals surface area contributed by atoms with Gasteiger partial charge < -0.3 is 14.2 Å². The molecule has 1 aliphatic rings. The molecule has 0 N–H and O–H groups in total. The summed E-state index contributed by atoms with van der Waals surface area (Å²) in [7, 11) is 3.42.